The fourth-order valence-corrected chi connectivity index (χ4v) is 3.50. The first-order chi connectivity index (χ1) is 12.8. The third-order valence-electron chi connectivity index (χ3n) is 4.34. The molecule has 0 saturated heterocycles. The Morgan fingerprint density at radius 2 is 1.85 bits per heavy atom. The molecule has 0 unspecified atom stereocenters. The third-order valence-corrected chi connectivity index (χ3v) is 5.08. The lowest BCUT2D eigenvalue weighted by Crippen LogP contribution is -2.08. The Morgan fingerprint density at radius 3 is 2.59 bits per heavy atom. The fourth-order valence-electron chi connectivity index (χ4n) is 2.85. The molecule has 0 amide bonds. The summed E-state index contributed by atoms with van der Waals surface area (Å²) in [5.41, 5.74) is 3.87. The molecule has 0 aliphatic carbocycles. The lowest BCUT2D eigenvalue weighted by atomic mass is 10.0. The van der Waals surface area contributed by atoms with Gasteiger partial charge in [0.25, 0.3) is 0 Å². The minimum absolute atomic E-state index is 0.0344. The molecule has 0 aliphatic rings. The Morgan fingerprint density at radius 1 is 1.11 bits per heavy atom. The van der Waals surface area contributed by atoms with Gasteiger partial charge in [0, 0.05) is 39.8 Å². The fraction of sp³-hybridized carbons (Fsp3) is 0.238. The summed E-state index contributed by atoms with van der Waals surface area (Å²) in [6.45, 7) is 3.88. The van der Waals surface area contributed by atoms with E-state index in [0.29, 0.717) is 22.5 Å². The zero-order chi connectivity index (χ0) is 19.6. The molecule has 27 heavy (non-hydrogen) atoms. The summed E-state index contributed by atoms with van der Waals surface area (Å²) in [6, 6.07) is 12.0. The molecule has 6 heteroatoms. The maximum Gasteiger partial charge on any atom is 0.338 e. The molecule has 1 aromatic heterocycles. The molecule has 2 aromatic carbocycles. The number of aryl methyl sites for hydroxylation is 2. The van der Waals surface area contributed by atoms with Gasteiger partial charge in [0.05, 0.1) is 5.56 Å². The topological polar surface area (TPSA) is 73.6 Å². The number of fused-ring (bicyclic) bond motifs is 1. The van der Waals surface area contributed by atoms with Crippen LogP contribution in [0.3, 0.4) is 0 Å². The Balaban J connectivity index is 1.84. The summed E-state index contributed by atoms with van der Waals surface area (Å²) in [7, 11) is -0.991. The third kappa shape index (κ3) is 4.52. The van der Waals surface area contributed by atoms with Crippen molar-refractivity contribution in [3.8, 4) is 0 Å². The standard InChI is InChI=1S/C21H20O5S/c1-13-7-18-17(10-20(22)26-19(18)8-14(13)2)11-25-21(23)16-6-4-5-15(9-16)12-27(3)24/h4-10H,11-12H2,1-3H3/t27-/m1/s1. The van der Waals surface area contributed by atoms with Crippen LogP contribution in [0.4, 0.5) is 0 Å². The van der Waals surface area contributed by atoms with Crippen LogP contribution in [0.5, 0.6) is 0 Å². The van der Waals surface area contributed by atoms with Crippen LogP contribution in [0.25, 0.3) is 11.0 Å². The number of hydrogen-bond acceptors (Lipinski definition) is 5. The number of rotatable bonds is 5. The van der Waals surface area contributed by atoms with Crippen LogP contribution in [0.2, 0.25) is 0 Å². The van der Waals surface area contributed by atoms with Crippen molar-refractivity contribution in [3.05, 3.63) is 80.7 Å². The average Bonchev–Trinajstić information content (AvgIpc) is 2.60. The Labute approximate surface area is 159 Å². The van der Waals surface area contributed by atoms with Crippen LogP contribution >= 0.6 is 0 Å². The molecular formula is C21H20O5S. The van der Waals surface area contributed by atoms with Crippen LogP contribution in [0.1, 0.15) is 32.6 Å². The Bertz CT molecular complexity index is 1100. The number of hydrogen-bond donors (Lipinski definition) is 0. The number of esters is 1. The van der Waals surface area contributed by atoms with Crippen molar-refractivity contribution in [1.82, 2.24) is 0 Å². The largest absolute Gasteiger partial charge is 0.457 e. The number of benzene rings is 2. The first kappa shape index (κ1) is 19.0. The van der Waals surface area contributed by atoms with Gasteiger partial charge in [-0.1, -0.05) is 12.1 Å². The first-order valence-electron chi connectivity index (χ1n) is 8.43. The van der Waals surface area contributed by atoms with Crippen LogP contribution in [-0.4, -0.2) is 16.4 Å². The molecule has 0 saturated carbocycles. The van der Waals surface area contributed by atoms with Gasteiger partial charge in [0.15, 0.2) is 0 Å². The van der Waals surface area contributed by atoms with Gasteiger partial charge in [0.1, 0.15) is 12.2 Å². The second-order valence-corrected chi connectivity index (χ2v) is 7.95. The highest BCUT2D eigenvalue weighted by Crippen LogP contribution is 2.22. The number of carbonyl (C=O) groups is 1. The molecule has 5 nitrogen and oxygen atoms in total. The van der Waals surface area contributed by atoms with E-state index in [-0.39, 0.29) is 6.61 Å². The molecule has 140 valence electrons. The van der Waals surface area contributed by atoms with Crippen molar-refractivity contribution in [1.29, 1.82) is 0 Å². The summed E-state index contributed by atoms with van der Waals surface area (Å²) in [5, 5.41) is 0.751. The van der Waals surface area contributed by atoms with Gasteiger partial charge >= 0.3 is 11.6 Å². The van der Waals surface area contributed by atoms with Crippen LogP contribution in [0.15, 0.2) is 51.7 Å². The Hall–Kier alpha value is -2.73. The van der Waals surface area contributed by atoms with Crippen LogP contribution < -0.4 is 5.63 Å². The van der Waals surface area contributed by atoms with E-state index in [1.54, 1.807) is 24.5 Å². The van der Waals surface area contributed by atoms with Gasteiger partial charge < -0.3 is 9.15 Å². The maximum atomic E-state index is 12.4. The minimum atomic E-state index is -0.991. The average molecular weight is 384 g/mol. The number of ether oxygens (including phenoxy) is 1. The molecule has 0 bridgehead atoms. The molecule has 1 atom stereocenters. The molecule has 1 heterocycles. The molecule has 0 fully saturated rings. The molecule has 3 aromatic rings. The number of carbonyl (C=O) groups excluding carboxylic acids is 1. The lowest BCUT2D eigenvalue weighted by molar-refractivity contribution is 0.0473. The molecule has 0 radical (unpaired) electrons. The van der Waals surface area contributed by atoms with E-state index in [1.165, 1.54) is 6.07 Å². The quantitative estimate of drug-likeness (QED) is 0.496. The van der Waals surface area contributed by atoms with Gasteiger partial charge in [0.2, 0.25) is 0 Å². The van der Waals surface area contributed by atoms with Crippen molar-refractivity contribution in [3.63, 3.8) is 0 Å². The van der Waals surface area contributed by atoms with E-state index in [9.17, 15) is 13.8 Å². The van der Waals surface area contributed by atoms with Crippen LogP contribution in [-0.2, 0) is 27.9 Å². The smallest absolute Gasteiger partial charge is 0.338 e. The second-order valence-electron chi connectivity index (χ2n) is 6.52. The van der Waals surface area contributed by atoms with E-state index < -0.39 is 22.4 Å². The zero-order valence-corrected chi connectivity index (χ0v) is 16.2. The summed E-state index contributed by atoms with van der Waals surface area (Å²) in [4.78, 5) is 24.2. The lowest BCUT2D eigenvalue weighted by Gasteiger charge is -2.10. The highest BCUT2D eigenvalue weighted by Gasteiger charge is 2.12. The van der Waals surface area contributed by atoms with Gasteiger partial charge in [-0.3, -0.25) is 4.21 Å². The predicted molar refractivity (Wildman–Crippen MR) is 105 cm³/mol. The minimum Gasteiger partial charge on any atom is -0.457 e. The maximum absolute atomic E-state index is 12.4. The SMILES string of the molecule is Cc1cc2oc(=O)cc(COC(=O)c3cccc(C[S@@](C)=O)c3)c2cc1C. The molecule has 0 spiro atoms. The molecule has 3 rings (SSSR count). The predicted octanol–water partition coefficient (Wildman–Crippen LogP) is 3.65. The zero-order valence-electron chi connectivity index (χ0n) is 15.4. The van der Waals surface area contributed by atoms with Crippen molar-refractivity contribution in [2.45, 2.75) is 26.2 Å². The highest BCUT2D eigenvalue weighted by atomic mass is 32.2. The summed E-state index contributed by atoms with van der Waals surface area (Å²) in [5.74, 6) is -0.117. The van der Waals surface area contributed by atoms with E-state index in [4.69, 9.17) is 9.15 Å². The first-order valence-corrected chi connectivity index (χ1v) is 10.2. The normalized spacial score (nSPS) is 12.1. The van der Waals surface area contributed by atoms with E-state index in [2.05, 4.69) is 0 Å². The van der Waals surface area contributed by atoms with Gasteiger partial charge in [-0.15, -0.1) is 0 Å². The van der Waals surface area contributed by atoms with E-state index in [1.807, 2.05) is 32.0 Å². The van der Waals surface area contributed by atoms with Crippen molar-refractivity contribution < 1.29 is 18.2 Å². The molecule has 0 aliphatic heterocycles. The van der Waals surface area contributed by atoms with Crippen molar-refractivity contribution in [2.75, 3.05) is 6.26 Å². The van der Waals surface area contributed by atoms with E-state index in [0.717, 1.165) is 22.1 Å². The van der Waals surface area contributed by atoms with Crippen molar-refractivity contribution in [2.24, 2.45) is 0 Å². The second kappa shape index (κ2) is 7.88. The monoisotopic (exact) mass is 384 g/mol. The molecule has 0 N–H and O–H groups in total. The van der Waals surface area contributed by atoms with Gasteiger partial charge in [-0.25, -0.2) is 9.59 Å². The van der Waals surface area contributed by atoms with Crippen molar-refractivity contribution >= 4 is 27.7 Å². The molecular weight excluding hydrogens is 364 g/mol. The highest BCUT2D eigenvalue weighted by molar-refractivity contribution is 7.83. The Kier molecular flexibility index (Phi) is 5.56. The van der Waals surface area contributed by atoms with Crippen LogP contribution in [0, 0.1) is 13.8 Å². The van der Waals surface area contributed by atoms with Gasteiger partial charge in [-0.2, -0.15) is 0 Å². The summed E-state index contributed by atoms with van der Waals surface area (Å²) < 4.78 is 22.0. The van der Waals surface area contributed by atoms with Gasteiger partial charge in [-0.05, 0) is 54.8 Å². The van der Waals surface area contributed by atoms with E-state index >= 15 is 0 Å². The summed E-state index contributed by atoms with van der Waals surface area (Å²) in [6.07, 6.45) is 1.61. The summed E-state index contributed by atoms with van der Waals surface area (Å²) >= 11 is 0.